The van der Waals surface area contributed by atoms with Gasteiger partial charge in [0, 0.05) is 17.7 Å². The van der Waals surface area contributed by atoms with E-state index in [9.17, 15) is 20.0 Å². The van der Waals surface area contributed by atoms with Crippen molar-refractivity contribution in [2.75, 3.05) is 6.54 Å². The van der Waals surface area contributed by atoms with E-state index < -0.39 is 5.97 Å². The third-order valence-electron chi connectivity index (χ3n) is 5.25. The van der Waals surface area contributed by atoms with Crippen molar-refractivity contribution >= 4 is 40.6 Å². The molecule has 1 heterocycles. The lowest BCUT2D eigenvalue weighted by molar-refractivity contribution is -0.122. The van der Waals surface area contributed by atoms with Crippen molar-refractivity contribution in [3.8, 4) is 11.8 Å². The molecule has 3 aromatic carbocycles. The average Bonchev–Trinajstić information content (AvgIpc) is 3.17. The number of thioether (sulfide) groups is 1. The third kappa shape index (κ3) is 5.42. The summed E-state index contributed by atoms with van der Waals surface area (Å²) < 4.78 is 6.01. The van der Waals surface area contributed by atoms with Crippen molar-refractivity contribution in [3.05, 3.63) is 100.0 Å². The van der Waals surface area contributed by atoms with Crippen molar-refractivity contribution in [1.82, 2.24) is 4.90 Å². The molecule has 8 heteroatoms. The molecule has 7 nitrogen and oxygen atoms in total. The maximum Gasteiger partial charge on any atom is 0.335 e. The van der Waals surface area contributed by atoms with E-state index in [-0.39, 0.29) is 18.1 Å². The summed E-state index contributed by atoms with van der Waals surface area (Å²) in [6.07, 6.45) is 1.76. The number of hydrogen-bond acceptors (Lipinski definition) is 6. The van der Waals surface area contributed by atoms with Crippen LogP contribution in [0.25, 0.3) is 6.08 Å². The number of amides is 1. The van der Waals surface area contributed by atoms with E-state index in [1.165, 1.54) is 23.9 Å². The molecule has 1 fully saturated rings. The molecule has 174 valence electrons. The summed E-state index contributed by atoms with van der Waals surface area (Å²) in [5, 5.41) is 19.0. The Balaban J connectivity index is 1.60. The van der Waals surface area contributed by atoms with Gasteiger partial charge in [-0.25, -0.2) is 9.79 Å². The monoisotopic (exact) mass is 483 g/mol. The fourth-order valence-electron chi connectivity index (χ4n) is 3.47. The number of carboxylic acid groups (broad SMARTS) is 1. The highest BCUT2D eigenvalue weighted by Crippen LogP contribution is 2.35. The first-order valence-electron chi connectivity index (χ1n) is 10.8. The lowest BCUT2D eigenvalue weighted by Gasteiger charge is -2.12. The Kier molecular flexibility index (Phi) is 7.29. The van der Waals surface area contributed by atoms with Crippen LogP contribution in [0, 0.1) is 11.3 Å². The predicted octanol–water partition coefficient (Wildman–Crippen LogP) is 5.46. The van der Waals surface area contributed by atoms with Gasteiger partial charge in [0.05, 0.1) is 27.8 Å². The number of carbonyl (C=O) groups is 2. The molecule has 3 aromatic rings. The molecular weight excluding hydrogens is 462 g/mol. The summed E-state index contributed by atoms with van der Waals surface area (Å²) in [7, 11) is 0. The lowest BCUT2D eigenvalue weighted by Crippen LogP contribution is -2.28. The Morgan fingerprint density at radius 1 is 1.14 bits per heavy atom. The number of rotatable bonds is 7. The van der Waals surface area contributed by atoms with E-state index in [4.69, 9.17) is 4.74 Å². The van der Waals surface area contributed by atoms with Gasteiger partial charge in [-0.3, -0.25) is 9.69 Å². The zero-order valence-electron chi connectivity index (χ0n) is 18.8. The minimum absolute atomic E-state index is 0.129. The Morgan fingerprint density at radius 3 is 2.69 bits per heavy atom. The Bertz CT molecular complexity index is 1390. The van der Waals surface area contributed by atoms with Crippen molar-refractivity contribution in [2.24, 2.45) is 4.99 Å². The van der Waals surface area contributed by atoms with Gasteiger partial charge in [-0.1, -0.05) is 42.5 Å². The molecule has 1 saturated heterocycles. The van der Waals surface area contributed by atoms with Gasteiger partial charge in [0.15, 0.2) is 5.17 Å². The van der Waals surface area contributed by atoms with Crippen LogP contribution >= 0.6 is 11.8 Å². The van der Waals surface area contributed by atoms with Crippen molar-refractivity contribution in [2.45, 2.75) is 13.5 Å². The first kappa shape index (κ1) is 23.8. The van der Waals surface area contributed by atoms with E-state index in [2.05, 4.69) is 11.1 Å². The summed E-state index contributed by atoms with van der Waals surface area (Å²) in [6, 6.07) is 23.1. The van der Waals surface area contributed by atoms with Crippen LogP contribution in [0.15, 0.2) is 82.7 Å². The zero-order valence-corrected chi connectivity index (χ0v) is 19.7. The topological polar surface area (TPSA) is 103 Å². The number of aromatic carboxylic acids is 1. The number of benzene rings is 3. The highest BCUT2D eigenvalue weighted by Gasteiger charge is 2.32. The number of nitrogens with zero attached hydrogens (tertiary/aromatic N) is 3. The van der Waals surface area contributed by atoms with Crippen LogP contribution in [0.3, 0.4) is 0 Å². The second kappa shape index (κ2) is 10.7. The normalized spacial score (nSPS) is 15.4. The third-order valence-corrected chi connectivity index (χ3v) is 6.26. The van der Waals surface area contributed by atoms with Gasteiger partial charge in [-0.15, -0.1) is 0 Å². The Labute approximate surface area is 207 Å². The molecule has 1 N–H and O–H groups in total. The van der Waals surface area contributed by atoms with E-state index >= 15 is 0 Å². The van der Waals surface area contributed by atoms with Crippen LogP contribution in [0.5, 0.6) is 5.75 Å². The Morgan fingerprint density at radius 2 is 1.91 bits per heavy atom. The highest BCUT2D eigenvalue weighted by atomic mass is 32.2. The molecule has 0 atom stereocenters. The molecule has 0 aliphatic carbocycles. The van der Waals surface area contributed by atoms with Crippen molar-refractivity contribution < 1.29 is 19.4 Å². The van der Waals surface area contributed by atoms with Gasteiger partial charge < -0.3 is 9.84 Å². The van der Waals surface area contributed by atoms with E-state index in [0.717, 1.165) is 11.1 Å². The molecule has 0 spiro atoms. The molecule has 0 aromatic heterocycles. The number of para-hydroxylation sites is 1. The SMILES string of the molecule is CCN1C(=O)/C(=C\c2ccccc2OCc2ccccc2C#N)SC1=Nc1cccc(C(=O)O)c1. The van der Waals surface area contributed by atoms with Crippen LogP contribution < -0.4 is 4.74 Å². The molecule has 1 aliphatic heterocycles. The molecule has 0 radical (unpaired) electrons. The van der Waals surface area contributed by atoms with E-state index in [1.807, 2.05) is 43.3 Å². The molecule has 0 saturated carbocycles. The van der Waals surface area contributed by atoms with Gasteiger partial charge in [-0.05, 0) is 55.1 Å². The van der Waals surface area contributed by atoms with Crippen molar-refractivity contribution in [1.29, 1.82) is 5.26 Å². The number of nitriles is 1. The number of carboxylic acids is 1. The summed E-state index contributed by atoms with van der Waals surface area (Å²) in [6.45, 7) is 2.50. The minimum Gasteiger partial charge on any atom is -0.488 e. The summed E-state index contributed by atoms with van der Waals surface area (Å²) in [5.41, 5.74) is 2.64. The number of hydrogen-bond donors (Lipinski definition) is 1. The second-order valence-corrected chi connectivity index (χ2v) is 8.51. The largest absolute Gasteiger partial charge is 0.488 e. The number of amidine groups is 1. The molecule has 4 rings (SSSR count). The first-order valence-corrected chi connectivity index (χ1v) is 11.6. The quantitative estimate of drug-likeness (QED) is 0.448. The fraction of sp³-hybridized carbons (Fsp3) is 0.111. The molecule has 1 aliphatic rings. The van der Waals surface area contributed by atoms with Gasteiger partial charge in [0.2, 0.25) is 0 Å². The van der Waals surface area contributed by atoms with E-state index in [0.29, 0.717) is 33.6 Å². The average molecular weight is 484 g/mol. The fourth-order valence-corrected chi connectivity index (χ4v) is 4.53. The maximum absolute atomic E-state index is 13.1. The van der Waals surface area contributed by atoms with Gasteiger partial charge in [0.1, 0.15) is 12.4 Å². The summed E-state index contributed by atoms with van der Waals surface area (Å²) >= 11 is 1.23. The molecule has 0 bridgehead atoms. The second-order valence-electron chi connectivity index (χ2n) is 7.51. The summed E-state index contributed by atoms with van der Waals surface area (Å²) in [5.74, 6) is -0.636. The lowest BCUT2D eigenvalue weighted by atomic mass is 10.1. The van der Waals surface area contributed by atoms with Crippen LogP contribution in [-0.4, -0.2) is 33.6 Å². The number of carbonyl (C=O) groups excluding carboxylic acids is 1. The molecule has 1 amide bonds. The smallest absolute Gasteiger partial charge is 0.335 e. The van der Waals surface area contributed by atoms with Gasteiger partial charge in [0.25, 0.3) is 5.91 Å². The van der Waals surface area contributed by atoms with Gasteiger partial charge in [-0.2, -0.15) is 5.26 Å². The number of likely N-dealkylation sites (N-methyl/N-ethyl adjacent to an activating group) is 1. The van der Waals surface area contributed by atoms with Crippen LogP contribution in [0.1, 0.15) is 34.0 Å². The van der Waals surface area contributed by atoms with Crippen molar-refractivity contribution in [3.63, 3.8) is 0 Å². The zero-order chi connectivity index (χ0) is 24.8. The van der Waals surface area contributed by atoms with E-state index in [1.54, 1.807) is 35.2 Å². The standard InChI is InChI=1S/C27H21N3O4S/c1-2-30-25(31)24(35-27(30)29-22-12-7-11-19(14-22)26(32)33)15-18-8-5-6-13-23(18)34-17-21-10-4-3-9-20(21)16-28/h3-15H,2,17H2,1H3,(H,32,33)/b24-15+,29-27?. The van der Waals surface area contributed by atoms with Crippen LogP contribution in [0.2, 0.25) is 0 Å². The molecular formula is C27H21N3O4S. The number of ether oxygens (including phenoxy) is 1. The Hall–Kier alpha value is -4.35. The first-order chi connectivity index (χ1) is 17.0. The molecule has 35 heavy (non-hydrogen) atoms. The number of aliphatic imine (C=N–C) groups is 1. The molecule has 0 unspecified atom stereocenters. The maximum atomic E-state index is 13.1. The summed E-state index contributed by atoms with van der Waals surface area (Å²) in [4.78, 5) is 30.9. The highest BCUT2D eigenvalue weighted by molar-refractivity contribution is 8.18. The predicted molar refractivity (Wildman–Crippen MR) is 135 cm³/mol. The minimum atomic E-state index is -1.04. The van der Waals surface area contributed by atoms with Crippen LogP contribution in [0.4, 0.5) is 5.69 Å². The van der Waals surface area contributed by atoms with Gasteiger partial charge >= 0.3 is 5.97 Å². The van der Waals surface area contributed by atoms with Crippen LogP contribution in [-0.2, 0) is 11.4 Å².